The first-order valence-electron chi connectivity index (χ1n) is 7.49. The molecule has 1 heterocycles. The third kappa shape index (κ3) is 4.69. The largest absolute Gasteiger partial charge is 0.342 e. The molecule has 1 N–H and O–H groups in total. The number of amides is 2. The highest BCUT2D eigenvalue weighted by atomic mass is 32.2. The number of nitrogens with zero attached hydrogens (tertiary/aromatic N) is 1. The van der Waals surface area contributed by atoms with Crippen molar-refractivity contribution in [3.8, 4) is 0 Å². The maximum Gasteiger partial charge on any atom is 0.246 e. The fourth-order valence-electron chi connectivity index (χ4n) is 2.50. The van der Waals surface area contributed by atoms with Crippen LogP contribution in [0.25, 0.3) is 0 Å². The van der Waals surface area contributed by atoms with Gasteiger partial charge in [0.05, 0.1) is 5.75 Å². The van der Waals surface area contributed by atoms with Crippen LogP contribution >= 0.6 is 0 Å². The van der Waals surface area contributed by atoms with E-state index in [1.807, 2.05) is 20.8 Å². The average molecular weight is 318 g/mol. The highest BCUT2D eigenvalue weighted by Crippen LogP contribution is 2.20. The Labute approximate surface area is 127 Å². The zero-order valence-electron chi connectivity index (χ0n) is 13.3. The van der Waals surface area contributed by atoms with Crippen molar-refractivity contribution in [1.82, 2.24) is 10.2 Å². The van der Waals surface area contributed by atoms with Crippen molar-refractivity contribution >= 4 is 21.7 Å². The third-order valence-electron chi connectivity index (χ3n) is 4.00. The molecule has 0 radical (unpaired) electrons. The zero-order chi connectivity index (χ0) is 16.2. The maximum absolute atomic E-state index is 12.6. The number of rotatable bonds is 7. The molecule has 1 rings (SSSR count). The van der Waals surface area contributed by atoms with Gasteiger partial charge in [-0.25, -0.2) is 8.42 Å². The number of sulfone groups is 1. The molecule has 0 aromatic rings. The van der Waals surface area contributed by atoms with Crippen molar-refractivity contribution in [2.75, 3.05) is 18.6 Å². The molecule has 1 aliphatic rings. The molecule has 0 aromatic heterocycles. The molecule has 0 spiro atoms. The molecule has 0 aliphatic carbocycles. The fraction of sp³-hybridized carbons (Fsp3) is 0.857. The Kier molecular flexibility index (Phi) is 6.19. The van der Waals surface area contributed by atoms with E-state index in [4.69, 9.17) is 0 Å². The Morgan fingerprint density at radius 1 is 1.29 bits per heavy atom. The standard InChI is InChI=1S/C14H26N2O4S/c1-5-7-11-13(17)15-12(10(3)6-2)14(18)16(11)8-9-21(4,19)20/h10-12H,5-9H2,1-4H3,(H,15,17). The van der Waals surface area contributed by atoms with Gasteiger partial charge in [0, 0.05) is 12.8 Å². The molecular formula is C14H26N2O4S. The molecule has 0 saturated carbocycles. The van der Waals surface area contributed by atoms with E-state index in [1.54, 1.807) is 0 Å². The summed E-state index contributed by atoms with van der Waals surface area (Å²) in [5, 5.41) is 2.80. The van der Waals surface area contributed by atoms with Gasteiger partial charge in [0.2, 0.25) is 11.8 Å². The van der Waals surface area contributed by atoms with Crippen molar-refractivity contribution in [3.63, 3.8) is 0 Å². The molecule has 6 nitrogen and oxygen atoms in total. The summed E-state index contributed by atoms with van der Waals surface area (Å²) < 4.78 is 22.7. The Balaban J connectivity index is 2.97. The van der Waals surface area contributed by atoms with Gasteiger partial charge < -0.3 is 10.2 Å². The van der Waals surface area contributed by atoms with E-state index in [2.05, 4.69) is 5.32 Å². The lowest BCUT2D eigenvalue weighted by atomic mass is 9.93. The Morgan fingerprint density at radius 3 is 2.38 bits per heavy atom. The van der Waals surface area contributed by atoms with Gasteiger partial charge in [0.15, 0.2) is 0 Å². The summed E-state index contributed by atoms with van der Waals surface area (Å²) in [5.41, 5.74) is 0. The van der Waals surface area contributed by atoms with Crippen molar-refractivity contribution in [1.29, 1.82) is 0 Å². The smallest absolute Gasteiger partial charge is 0.246 e. The van der Waals surface area contributed by atoms with Gasteiger partial charge in [-0.3, -0.25) is 9.59 Å². The zero-order valence-corrected chi connectivity index (χ0v) is 14.1. The lowest BCUT2D eigenvalue weighted by Gasteiger charge is -2.40. The van der Waals surface area contributed by atoms with Gasteiger partial charge in [-0.2, -0.15) is 0 Å². The molecule has 3 atom stereocenters. The van der Waals surface area contributed by atoms with Gasteiger partial charge in [-0.05, 0) is 12.3 Å². The second kappa shape index (κ2) is 7.24. The number of piperazine rings is 1. The van der Waals surface area contributed by atoms with E-state index in [0.717, 1.165) is 19.1 Å². The highest BCUT2D eigenvalue weighted by molar-refractivity contribution is 7.90. The van der Waals surface area contributed by atoms with Gasteiger partial charge in [0.1, 0.15) is 21.9 Å². The van der Waals surface area contributed by atoms with Crippen LogP contribution in [0.1, 0.15) is 40.0 Å². The predicted molar refractivity (Wildman–Crippen MR) is 81.5 cm³/mol. The summed E-state index contributed by atoms with van der Waals surface area (Å²) in [5.74, 6) is -0.412. The van der Waals surface area contributed by atoms with Crippen LogP contribution in [0.2, 0.25) is 0 Å². The van der Waals surface area contributed by atoms with E-state index in [1.165, 1.54) is 4.90 Å². The van der Waals surface area contributed by atoms with Crippen LogP contribution in [0.15, 0.2) is 0 Å². The second-order valence-corrected chi connectivity index (χ2v) is 8.10. The van der Waals surface area contributed by atoms with Gasteiger partial charge in [-0.15, -0.1) is 0 Å². The van der Waals surface area contributed by atoms with Gasteiger partial charge in [0.25, 0.3) is 0 Å². The molecule has 2 amide bonds. The fourth-order valence-corrected chi connectivity index (χ4v) is 3.03. The van der Waals surface area contributed by atoms with Crippen LogP contribution in [-0.2, 0) is 19.4 Å². The predicted octanol–water partition coefficient (Wildman–Crippen LogP) is 0.573. The minimum absolute atomic E-state index is 0.0322. The summed E-state index contributed by atoms with van der Waals surface area (Å²) in [6, 6.07) is -1.10. The van der Waals surface area contributed by atoms with E-state index in [9.17, 15) is 18.0 Å². The van der Waals surface area contributed by atoms with Gasteiger partial charge in [-0.1, -0.05) is 33.6 Å². The van der Waals surface area contributed by atoms with Crippen LogP contribution in [0.4, 0.5) is 0 Å². The molecule has 7 heteroatoms. The molecule has 1 fully saturated rings. The second-order valence-electron chi connectivity index (χ2n) is 5.84. The third-order valence-corrected chi connectivity index (χ3v) is 4.93. The van der Waals surface area contributed by atoms with Crippen molar-refractivity contribution in [3.05, 3.63) is 0 Å². The lowest BCUT2D eigenvalue weighted by Crippen LogP contribution is -2.65. The van der Waals surface area contributed by atoms with E-state index in [0.29, 0.717) is 6.42 Å². The molecule has 0 aromatic carbocycles. The number of hydrogen-bond acceptors (Lipinski definition) is 4. The SMILES string of the molecule is CCCC1C(=O)NC(C(C)CC)C(=O)N1CCS(C)(=O)=O. The number of carbonyl (C=O) groups excluding carboxylic acids is 2. The quantitative estimate of drug-likeness (QED) is 0.744. The number of carbonyl (C=O) groups is 2. The van der Waals surface area contributed by atoms with E-state index in [-0.39, 0.29) is 30.0 Å². The molecule has 3 unspecified atom stereocenters. The average Bonchev–Trinajstić information content (AvgIpc) is 2.40. The summed E-state index contributed by atoms with van der Waals surface area (Å²) in [7, 11) is -3.17. The van der Waals surface area contributed by atoms with E-state index < -0.39 is 21.9 Å². The Bertz CT molecular complexity index is 489. The monoisotopic (exact) mass is 318 g/mol. The molecule has 0 bridgehead atoms. The maximum atomic E-state index is 12.6. The first-order valence-corrected chi connectivity index (χ1v) is 9.55. The summed E-state index contributed by atoms with van der Waals surface area (Å²) in [6.07, 6.45) is 3.22. The van der Waals surface area contributed by atoms with Crippen molar-refractivity contribution in [2.24, 2.45) is 5.92 Å². The minimum Gasteiger partial charge on any atom is -0.342 e. The molecular weight excluding hydrogens is 292 g/mol. The van der Waals surface area contributed by atoms with Crippen molar-refractivity contribution in [2.45, 2.75) is 52.1 Å². The Hall–Kier alpha value is -1.11. The highest BCUT2D eigenvalue weighted by Gasteiger charge is 2.41. The van der Waals surface area contributed by atoms with Crippen LogP contribution in [-0.4, -0.2) is 55.8 Å². The lowest BCUT2D eigenvalue weighted by molar-refractivity contribution is -0.150. The molecule has 122 valence electrons. The first kappa shape index (κ1) is 17.9. The van der Waals surface area contributed by atoms with Gasteiger partial charge >= 0.3 is 0 Å². The molecule has 1 aliphatic heterocycles. The summed E-state index contributed by atoms with van der Waals surface area (Å²) in [4.78, 5) is 26.3. The summed E-state index contributed by atoms with van der Waals surface area (Å²) in [6.45, 7) is 5.90. The van der Waals surface area contributed by atoms with Crippen LogP contribution in [0, 0.1) is 5.92 Å². The number of hydrogen-bond donors (Lipinski definition) is 1. The van der Waals surface area contributed by atoms with Crippen LogP contribution < -0.4 is 5.32 Å². The number of nitrogens with one attached hydrogen (secondary N) is 1. The van der Waals surface area contributed by atoms with Crippen LogP contribution in [0.5, 0.6) is 0 Å². The normalized spacial score (nSPS) is 24.9. The van der Waals surface area contributed by atoms with Crippen molar-refractivity contribution < 1.29 is 18.0 Å². The van der Waals surface area contributed by atoms with E-state index >= 15 is 0 Å². The Morgan fingerprint density at radius 2 is 1.90 bits per heavy atom. The topological polar surface area (TPSA) is 83.6 Å². The molecule has 21 heavy (non-hydrogen) atoms. The molecule has 1 saturated heterocycles. The first-order chi connectivity index (χ1) is 9.71. The van der Waals surface area contributed by atoms with Crippen LogP contribution in [0.3, 0.4) is 0 Å². The minimum atomic E-state index is -3.17. The summed E-state index contributed by atoms with van der Waals surface area (Å²) >= 11 is 0.